The summed E-state index contributed by atoms with van der Waals surface area (Å²) in [6.07, 6.45) is 2.04. The van der Waals surface area contributed by atoms with Crippen molar-refractivity contribution in [1.29, 1.82) is 0 Å². The van der Waals surface area contributed by atoms with Gasteiger partial charge >= 0.3 is 12.0 Å². The van der Waals surface area contributed by atoms with Crippen LogP contribution in [0.15, 0.2) is 24.3 Å². The molecule has 114 valence electrons. The number of anilines is 1. The number of carbonyl (C=O) groups excluding carboxylic acids is 1. The second-order valence-corrected chi connectivity index (χ2v) is 5.87. The molecule has 1 aromatic carbocycles. The highest BCUT2D eigenvalue weighted by molar-refractivity contribution is 6.30. The van der Waals surface area contributed by atoms with E-state index in [0.29, 0.717) is 29.7 Å². The van der Waals surface area contributed by atoms with Gasteiger partial charge in [0.15, 0.2) is 0 Å². The van der Waals surface area contributed by atoms with Crippen LogP contribution in [-0.4, -0.2) is 41.6 Å². The summed E-state index contributed by atoms with van der Waals surface area (Å²) in [6.45, 7) is 3.06. The number of hydrogen-bond donors (Lipinski definition) is 1. The predicted octanol–water partition coefficient (Wildman–Crippen LogP) is 3.08. The lowest BCUT2D eigenvalue weighted by Crippen LogP contribution is -2.49. The van der Waals surface area contributed by atoms with Gasteiger partial charge in [-0.3, -0.25) is 9.69 Å². The highest BCUT2D eigenvalue weighted by atomic mass is 35.5. The van der Waals surface area contributed by atoms with Crippen LogP contribution >= 0.6 is 11.6 Å². The number of hydrogen-bond acceptors (Lipinski definition) is 2. The first-order chi connectivity index (χ1) is 9.97. The van der Waals surface area contributed by atoms with E-state index in [2.05, 4.69) is 6.92 Å². The summed E-state index contributed by atoms with van der Waals surface area (Å²) in [5.74, 6) is -0.609. The SMILES string of the molecule is CC1CCCN(C(=O)N(CC(=O)O)c2cccc(Cl)c2)C1. The van der Waals surface area contributed by atoms with E-state index in [0.717, 1.165) is 12.8 Å². The van der Waals surface area contributed by atoms with Gasteiger partial charge in [0, 0.05) is 23.8 Å². The van der Waals surface area contributed by atoms with Crippen molar-refractivity contribution in [3.63, 3.8) is 0 Å². The maximum absolute atomic E-state index is 12.6. The highest BCUT2D eigenvalue weighted by Gasteiger charge is 2.27. The number of carboxylic acid groups (broad SMARTS) is 1. The Morgan fingerprint density at radius 1 is 1.48 bits per heavy atom. The molecule has 21 heavy (non-hydrogen) atoms. The van der Waals surface area contributed by atoms with Crippen LogP contribution in [0.2, 0.25) is 5.02 Å². The van der Waals surface area contributed by atoms with Gasteiger partial charge < -0.3 is 10.0 Å². The number of halogens is 1. The fourth-order valence-corrected chi connectivity index (χ4v) is 2.77. The van der Waals surface area contributed by atoms with Crippen molar-refractivity contribution >= 4 is 29.3 Å². The van der Waals surface area contributed by atoms with Crippen molar-refractivity contribution < 1.29 is 14.7 Å². The van der Waals surface area contributed by atoms with Crippen LogP contribution in [0.4, 0.5) is 10.5 Å². The normalized spacial score (nSPS) is 18.4. The summed E-state index contributed by atoms with van der Waals surface area (Å²) in [6, 6.07) is 6.43. The molecule has 2 amide bonds. The molecule has 1 atom stereocenters. The molecule has 1 aromatic rings. The minimum Gasteiger partial charge on any atom is -0.480 e. The summed E-state index contributed by atoms with van der Waals surface area (Å²) in [7, 11) is 0. The lowest BCUT2D eigenvalue weighted by molar-refractivity contribution is -0.135. The van der Waals surface area contributed by atoms with E-state index in [-0.39, 0.29) is 12.6 Å². The Morgan fingerprint density at radius 2 is 2.24 bits per heavy atom. The van der Waals surface area contributed by atoms with Gasteiger partial charge in [0.1, 0.15) is 6.54 Å². The molecule has 1 aliphatic rings. The smallest absolute Gasteiger partial charge is 0.325 e. The molecule has 0 radical (unpaired) electrons. The van der Waals surface area contributed by atoms with E-state index in [1.54, 1.807) is 29.2 Å². The summed E-state index contributed by atoms with van der Waals surface area (Å²) in [5.41, 5.74) is 0.508. The zero-order valence-corrected chi connectivity index (χ0v) is 12.7. The molecule has 0 aliphatic carbocycles. The molecule has 1 aliphatic heterocycles. The van der Waals surface area contributed by atoms with Gasteiger partial charge in [0.2, 0.25) is 0 Å². The largest absolute Gasteiger partial charge is 0.480 e. The minimum absolute atomic E-state index is 0.272. The second kappa shape index (κ2) is 6.80. The Bertz CT molecular complexity index is 535. The Morgan fingerprint density at radius 3 is 2.86 bits per heavy atom. The fraction of sp³-hybridized carbons (Fsp3) is 0.467. The quantitative estimate of drug-likeness (QED) is 0.933. The number of amides is 2. The van der Waals surface area contributed by atoms with Gasteiger partial charge in [-0.15, -0.1) is 0 Å². The van der Waals surface area contributed by atoms with E-state index >= 15 is 0 Å². The van der Waals surface area contributed by atoms with Crippen LogP contribution in [0.5, 0.6) is 0 Å². The van der Waals surface area contributed by atoms with Gasteiger partial charge in [0.25, 0.3) is 0 Å². The summed E-state index contributed by atoms with van der Waals surface area (Å²) in [4.78, 5) is 26.7. The van der Waals surface area contributed by atoms with Crippen LogP contribution in [0.25, 0.3) is 0 Å². The highest BCUT2D eigenvalue weighted by Crippen LogP contribution is 2.23. The molecule has 6 heteroatoms. The number of urea groups is 1. The number of rotatable bonds is 3. The average molecular weight is 311 g/mol. The first kappa shape index (κ1) is 15.6. The molecule has 1 fully saturated rings. The third kappa shape index (κ3) is 4.11. The molecule has 1 saturated heterocycles. The topological polar surface area (TPSA) is 60.9 Å². The monoisotopic (exact) mass is 310 g/mol. The third-order valence-electron chi connectivity index (χ3n) is 3.57. The molecular formula is C15H19ClN2O3. The Balaban J connectivity index is 2.22. The lowest BCUT2D eigenvalue weighted by Gasteiger charge is -2.35. The Hall–Kier alpha value is -1.75. The summed E-state index contributed by atoms with van der Waals surface area (Å²) >= 11 is 5.94. The minimum atomic E-state index is -1.05. The maximum atomic E-state index is 12.6. The van der Waals surface area contributed by atoms with Crippen molar-refractivity contribution in [2.45, 2.75) is 19.8 Å². The van der Waals surface area contributed by atoms with E-state index in [1.807, 2.05) is 0 Å². The summed E-state index contributed by atoms with van der Waals surface area (Å²) < 4.78 is 0. The molecule has 0 aromatic heterocycles. The van der Waals surface area contributed by atoms with Crippen LogP contribution in [0, 0.1) is 5.92 Å². The van der Waals surface area contributed by atoms with Gasteiger partial charge in [-0.05, 0) is 37.0 Å². The molecule has 1 N–H and O–H groups in total. The van der Waals surface area contributed by atoms with Gasteiger partial charge in [0.05, 0.1) is 0 Å². The molecule has 5 nitrogen and oxygen atoms in total. The first-order valence-corrected chi connectivity index (χ1v) is 7.39. The zero-order chi connectivity index (χ0) is 15.4. The van der Waals surface area contributed by atoms with Crippen LogP contribution < -0.4 is 4.90 Å². The Labute approximate surface area is 129 Å². The molecule has 0 spiro atoms. The number of benzene rings is 1. The maximum Gasteiger partial charge on any atom is 0.325 e. The van der Waals surface area contributed by atoms with E-state index in [4.69, 9.17) is 16.7 Å². The fourth-order valence-electron chi connectivity index (χ4n) is 2.58. The van der Waals surface area contributed by atoms with Crippen LogP contribution in [0.1, 0.15) is 19.8 Å². The molecular weight excluding hydrogens is 292 g/mol. The number of nitrogens with zero attached hydrogens (tertiary/aromatic N) is 2. The molecule has 2 rings (SSSR count). The van der Waals surface area contributed by atoms with E-state index in [1.165, 1.54) is 4.90 Å². The second-order valence-electron chi connectivity index (χ2n) is 5.44. The molecule has 0 bridgehead atoms. The number of carboxylic acids is 1. The van der Waals surface area contributed by atoms with Crippen molar-refractivity contribution in [2.24, 2.45) is 5.92 Å². The zero-order valence-electron chi connectivity index (χ0n) is 12.0. The van der Waals surface area contributed by atoms with Crippen molar-refractivity contribution in [3.8, 4) is 0 Å². The predicted molar refractivity (Wildman–Crippen MR) is 81.8 cm³/mol. The summed E-state index contributed by atoms with van der Waals surface area (Å²) in [5, 5.41) is 9.54. The van der Waals surface area contributed by atoms with Crippen LogP contribution in [-0.2, 0) is 4.79 Å². The van der Waals surface area contributed by atoms with Gasteiger partial charge in [-0.25, -0.2) is 4.79 Å². The van der Waals surface area contributed by atoms with E-state index in [9.17, 15) is 9.59 Å². The molecule has 1 unspecified atom stereocenters. The molecule has 1 heterocycles. The van der Waals surface area contributed by atoms with Gasteiger partial charge in [-0.1, -0.05) is 24.6 Å². The number of aliphatic carboxylic acids is 1. The Kier molecular flexibility index (Phi) is 5.07. The average Bonchev–Trinajstić information content (AvgIpc) is 2.44. The van der Waals surface area contributed by atoms with Crippen molar-refractivity contribution in [3.05, 3.63) is 29.3 Å². The van der Waals surface area contributed by atoms with Crippen molar-refractivity contribution in [1.82, 2.24) is 4.90 Å². The van der Waals surface area contributed by atoms with Gasteiger partial charge in [-0.2, -0.15) is 0 Å². The lowest BCUT2D eigenvalue weighted by atomic mass is 10.0. The van der Waals surface area contributed by atoms with Crippen LogP contribution in [0.3, 0.4) is 0 Å². The standard InChI is InChI=1S/C15H19ClN2O3/c1-11-4-3-7-17(9-11)15(21)18(10-14(19)20)13-6-2-5-12(16)8-13/h2,5-6,8,11H,3-4,7,9-10H2,1H3,(H,19,20). The number of likely N-dealkylation sites (tertiary alicyclic amines) is 1. The van der Waals surface area contributed by atoms with Crippen molar-refractivity contribution in [2.75, 3.05) is 24.5 Å². The molecule has 0 saturated carbocycles. The van der Waals surface area contributed by atoms with E-state index < -0.39 is 5.97 Å². The first-order valence-electron chi connectivity index (χ1n) is 7.01. The number of piperidine rings is 1. The third-order valence-corrected chi connectivity index (χ3v) is 3.81. The number of carbonyl (C=O) groups is 2.